The zero-order valence-corrected chi connectivity index (χ0v) is 17.3. The van der Waals surface area contributed by atoms with Crippen LogP contribution in [0.3, 0.4) is 0 Å². The van der Waals surface area contributed by atoms with E-state index >= 15 is 0 Å². The normalized spacial score (nSPS) is 12.8. The standard InChI is InChI=1S/C21H24N2O6/c1-24-14-9-16(26-3)20(17(10-14)27-4)22-7-8-23(13-22)21-18(28-5)11-15(25-2)12-19(21)29-6/h7-12H,1-6H3. The van der Waals surface area contributed by atoms with Gasteiger partial charge in [-0.15, -0.1) is 0 Å². The quantitative estimate of drug-likeness (QED) is 0.667. The zero-order chi connectivity index (χ0) is 21.0. The maximum atomic E-state index is 5.54. The summed E-state index contributed by atoms with van der Waals surface area (Å²) in [6.07, 6.45) is 3.66. The van der Waals surface area contributed by atoms with Gasteiger partial charge >= 0.3 is 0 Å². The molecular weight excluding hydrogens is 376 g/mol. The average Bonchev–Trinajstić information content (AvgIpc) is 3.25. The number of hydrogen-bond acceptors (Lipinski definition) is 8. The third-order valence-electron chi connectivity index (χ3n) is 4.44. The van der Waals surface area contributed by atoms with Crippen LogP contribution in [0.25, 0.3) is 0 Å². The van der Waals surface area contributed by atoms with Gasteiger partial charge in [0.25, 0.3) is 0 Å². The van der Waals surface area contributed by atoms with E-state index in [9.17, 15) is 0 Å². The molecule has 2 aromatic carbocycles. The highest BCUT2D eigenvalue weighted by molar-refractivity contribution is 5.79. The predicted molar refractivity (Wildman–Crippen MR) is 110 cm³/mol. The highest BCUT2D eigenvalue weighted by Gasteiger charge is 2.28. The van der Waals surface area contributed by atoms with Crippen LogP contribution in [0.2, 0.25) is 0 Å². The minimum absolute atomic E-state index is 0.578. The zero-order valence-electron chi connectivity index (χ0n) is 17.3. The second-order valence-corrected chi connectivity index (χ2v) is 5.90. The fourth-order valence-corrected chi connectivity index (χ4v) is 3.01. The van der Waals surface area contributed by atoms with Crippen LogP contribution in [-0.2, 0) is 0 Å². The third kappa shape index (κ3) is 3.78. The summed E-state index contributed by atoms with van der Waals surface area (Å²) in [5, 5.41) is 0. The number of benzene rings is 2. The molecule has 0 unspecified atom stereocenters. The van der Waals surface area contributed by atoms with Gasteiger partial charge in [-0.2, -0.15) is 0 Å². The van der Waals surface area contributed by atoms with E-state index in [2.05, 4.69) is 6.67 Å². The first kappa shape index (κ1) is 20.3. The first-order chi connectivity index (χ1) is 14.1. The second kappa shape index (κ2) is 8.72. The van der Waals surface area contributed by atoms with Crippen molar-refractivity contribution >= 4 is 11.4 Å². The molecule has 154 valence electrons. The SMILES string of the molecule is COc1cc(OC)c(N2[C]N(c3c(OC)cc(OC)cc3OC)C=C2)c(OC)c1. The molecule has 0 saturated carbocycles. The van der Waals surface area contributed by atoms with Gasteiger partial charge in [0.2, 0.25) is 6.67 Å². The van der Waals surface area contributed by atoms with Crippen LogP contribution in [0.15, 0.2) is 36.7 Å². The number of anilines is 2. The molecule has 1 aliphatic heterocycles. The molecule has 0 aromatic heterocycles. The Hall–Kier alpha value is -3.42. The fourth-order valence-electron chi connectivity index (χ4n) is 3.01. The lowest BCUT2D eigenvalue weighted by Crippen LogP contribution is -2.20. The highest BCUT2D eigenvalue weighted by atomic mass is 16.5. The van der Waals surface area contributed by atoms with E-state index in [1.165, 1.54) is 0 Å². The van der Waals surface area contributed by atoms with Crippen molar-refractivity contribution in [2.75, 3.05) is 52.5 Å². The fraction of sp³-hybridized carbons (Fsp3) is 0.286. The Morgan fingerprint density at radius 3 is 1.07 bits per heavy atom. The summed E-state index contributed by atoms with van der Waals surface area (Å²) in [6, 6.07) is 7.13. The first-order valence-electron chi connectivity index (χ1n) is 8.73. The third-order valence-corrected chi connectivity index (χ3v) is 4.44. The summed E-state index contributed by atoms with van der Waals surface area (Å²) in [6.45, 7) is 3.25. The van der Waals surface area contributed by atoms with Gasteiger partial charge in [-0.25, -0.2) is 0 Å². The van der Waals surface area contributed by atoms with Crippen LogP contribution in [0.4, 0.5) is 11.4 Å². The predicted octanol–water partition coefficient (Wildman–Crippen LogP) is 3.53. The second-order valence-electron chi connectivity index (χ2n) is 5.90. The monoisotopic (exact) mass is 400 g/mol. The van der Waals surface area contributed by atoms with Crippen molar-refractivity contribution in [1.29, 1.82) is 0 Å². The minimum atomic E-state index is 0.578. The summed E-state index contributed by atoms with van der Waals surface area (Å²) in [7, 11) is 9.53. The molecule has 8 nitrogen and oxygen atoms in total. The average molecular weight is 400 g/mol. The number of nitrogens with zero attached hydrogens (tertiary/aromatic N) is 2. The topological polar surface area (TPSA) is 61.9 Å². The summed E-state index contributed by atoms with van der Waals surface area (Å²) in [5.74, 6) is 3.56. The molecule has 0 saturated heterocycles. The van der Waals surface area contributed by atoms with E-state index in [1.807, 2.05) is 12.4 Å². The van der Waals surface area contributed by atoms with E-state index in [1.54, 1.807) is 76.7 Å². The van der Waals surface area contributed by atoms with Gasteiger partial charge in [0.05, 0.1) is 42.7 Å². The van der Waals surface area contributed by atoms with Crippen molar-refractivity contribution in [3.05, 3.63) is 43.3 Å². The molecule has 2 radical (unpaired) electrons. The number of ether oxygens (including phenoxy) is 6. The number of rotatable bonds is 8. The van der Waals surface area contributed by atoms with Crippen molar-refractivity contribution in [2.24, 2.45) is 0 Å². The van der Waals surface area contributed by atoms with Crippen molar-refractivity contribution in [3.8, 4) is 34.5 Å². The van der Waals surface area contributed by atoms with Gasteiger partial charge < -0.3 is 38.2 Å². The Bertz CT molecular complexity index is 777. The van der Waals surface area contributed by atoms with E-state index < -0.39 is 0 Å². The molecule has 0 atom stereocenters. The molecule has 0 aliphatic carbocycles. The van der Waals surface area contributed by atoms with E-state index in [4.69, 9.17) is 28.4 Å². The lowest BCUT2D eigenvalue weighted by molar-refractivity contribution is 0.376. The van der Waals surface area contributed by atoms with Gasteiger partial charge in [0.1, 0.15) is 45.9 Å². The summed E-state index contributed by atoms with van der Waals surface area (Å²) in [4.78, 5) is 3.53. The highest BCUT2D eigenvalue weighted by Crippen LogP contribution is 2.47. The van der Waals surface area contributed by atoms with Gasteiger partial charge in [0, 0.05) is 36.7 Å². The van der Waals surface area contributed by atoms with Crippen molar-refractivity contribution in [3.63, 3.8) is 0 Å². The van der Waals surface area contributed by atoms with Gasteiger partial charge in [-0.3, -0.25) is 0 Å². The Balaban J connectivity index is 1.99. The van der Waals surface area contributed by atoms with Crippen LogP contribution in [-0.4, -0.2) is 42.7 Å². The Kier molecular flexibility index (Phi) is 6.11. The molecule has 0 amide bonds. The first-order valence-corrected chi connectivity index (χ1v) is 8.73. The summed E-state index contributed by atoms with van der Waals surface area (Å²) < 4.78 is 32.8. The Morgan fingerprint density at radius 2 is 0.828 bits per heavy atom. The molecule has 1 heterocycles. The number of methoxy groups -OCH3 is 6. The minimum Gasteiger partial charge on any atom is -0.496 e. The lowest BCUT2D eigenvalue weighted by Gasteiger charge is -2.25. The van der Waals surface area contributed by atoms with E-state index in [0.717, 1.165) is 0 Å². The van der Waals surface area contributed by atoms with Crippen molar-refractivity contribution < 1.29 is 28.4 Å². The molecule has 0 bridgehead atoms. The molecule has 0 N–H and O–H groups in total. The molecular formula is C21H24N2O6. The Morgan fingerprint density at radius 1 is 0.517 bits per heavy atom. The molecule has 1 aliphatic rings. The summed E-state index contributed by atoms with van der Waals surface area (Å²) >= 11 is 0. The largest absolute Gasteiger partial charge is 0.496 e. The molecule has 2 aromatic rings. The maximum absolute atomic E-state index is 5.54. The summed E-state index contributed by atoms with van der Waals surface area (Å²) in [5.41, 5.74) is 1.36. The van der Waals surface area contributed by atoms with Gasteiger partial charge in [-0.05, 0) is 0 Å². The van der Waals surface area contributed by atoms with E-state index in [0.29, 0.717) is 45.9 Å². The van der Waals surface area contributed by atoms with Crippen molar-refractivity contribution in [2.45, 2.75) is 0 Å². The number of hydrogen-bond donors (Lipinski definition) is 0. The smallest absolute Gasteiger partial charge is 0.218 e. The Labute approximate surface area is 170 Å². The molecule has 3 rings (SSSR count). The lowest BCUT2D eigenvalue weighted by atomic mass is 10.2. The molecule has 0 fully saturated rings. The van der Waals surface area contributed by atoms with Crippen LogP contribution in [0.1, 0.15) is 0 Å². The molecule has 8 heteroatoms. The van der Waals surface area contributed by atoms with Crippen LogP contribution in [0, 0.1) is 6.67 Å². The van der Waals surface area contributed by atoms with E-state index in [-0.39, 0.29) is 0 Å². The van der Waals surface area contributed by atoms with Gasteiger partial charge in [-0.1, -0.05) is 0 Å². The van der Waals surface area contributed by atoms with Gasteiger partial charge in [0.15, 0.2) is 0 Å². The van der Waals surface area contributed by atoms with Crippen LogP contribution >= 0.6 is 0 Å². The molecule has 0 spiro atoms. The van der Waals surface area contributed by atoms with Crippen LogP contribution in [0.5, 0.6) is 34.5 Å². The van der Waals surface area contributed by atoms with Crippen LogP contribution < -0.4 is 38.2 Å². The maximum Gasteiger partial charge on any atom is 0.218 e. The molecule has 29 heavy (non-hydrogen) atoms. The van der Waals surface area contributed by atoms with Crippen molar-refractivity contribution in [1.82, 2.24) is 0 Å².